The van der Waals surface area contributed by atoms with Crippen molar-refractivity contribution in [2.45, 2.75) is 161 Å². The zero-order valence-electron chi connectivity index (χ0n) is 23.4. The Kier molecular flexibility index (Phi) is 11.4. The molecule has 0 aromatic carbocycles. The molecule has 4 rings (SSSR count). The highest BCUT2D eigenvalue weighted by atomic mass is 14.9. The SMILES string of the molecule is CCCCCCC[C@H]1CC[C@H](c2ncc([C@H]3CC[C@H]([C@H]4CC[C@H](CCCC)CC4)CC3)cn2)CC1. The zero-order valence-corrected chi connectivity index (χ0v) is 23.4. The molecule has 0 atom stereocenters. The highest BCUT2D eigenvalue weighted by molar-refractivity contribution is 5.14. The first-order chi connectivity index (χ1) is 17.3. The van der Waals surface area contributed by atoms with Crippen LogP contribution in [-0.4, -0.2) is 9.97 Å². The van der Waals surface area contributed by atoms with Crippen molar-refractivity contribution in [2.24, 2.45) is 23.7 Å². The van der Waals surface area contributed by atoms with Crippen LogP contribution in [0.4, 0.5) is 0 Å². The van der Waals surface area contributed by atoms with Crippen molar-refractivity contribution in [2.75, 3.05) is 0 Å². The molecule has 1 aromatic heterocycles. The van der Waals surface area contributed by atoms with Crippen molar-refractivity contribution >= 4 is 0 Å². The average Bonchev–Trinajstić information content (AvgIpc) is 2.93. The normalized spacial score (nSPS) is 31.9. The molecular formula is C33H56N2. The molecule has 35 heavy (non-hydrogen) atoms. The Morgan fingerprint density at radius 1 is 0.543 bits per heavy atom. The maximum atomic E-state index is 4.93. The summed E-state index contributed by atoms with van der Waals surface area (Å²) < 4.78 is 0. The van der Waals surface area contributed by atoms with Crippen LogP contribution in [0.15, 0.2) is 12.4 Å². The van der Waals surface area contributed by atoms with Crippen LogP contribution in [0.3, 0.4) is 0 Å². The number of nitrogens with zero attached hydrogens (tertiary/aromatic N) is 2. The van der Waals surface area contributed by atoms with Gasteiger partial charge in [-0.25, -0.2) is 9.97 Å². The van der Waals surface area contributed by atoms with Crippen molar-refractivity contribution < 1.29 is 0 Å². The lowest BCUT2D eigenvalue weighted by Crippen LogP contribution is -2.25. The van der Waals surface area contributed by atoms with E-state index in [-0.39, 0.29) is 0 Å². The molecule has 3 aliphatic carbocycles. The summed E-state index contributed by atoms with van der Waals surface area (Å²) in [5, 5.41) is 0. The van der Waals surface area contributed by atoms with Gasteiger partial charge in [-0.05, 0) is 99.4 Å². The summed E-state index contributed by atoms with van der Waals surface area (Å²) in [6.07, 6.45) is 34.4. The topological polar surface area (TPSA) is 25.8 Å². The van der Waals surface area contributed by atoms with Gasteiger partial charge in [0.05, 0.1) is 0 Å². The summed E-state index contributed by atoms with van der Waals surface area (Å²) in [6.45, 7) is 4.64. The Hall–Kier alpha value is -0.920. The molecule has 0 radical (unpaired) electrons. The van der Waals surface area contributed by atoms with Crippen LogP contribution in [0.5, 0.6) is 0 Å². The molecule has 0 bridgehead atoms. The third kappa shape index (κ3) is 8.29. The van der Waals surface area contributed by atoms with Gasteiger partial charge in [0, 0.05) is 18.3 Å². The van der Waals surface area contributed by atoms with Gasteiger partial charge < -0.3 is 0 Å². The predicted molar refractivity (Wildman–Crippen MR) is 150 cm³/mol. The molecule has 0 aliphatic heterocycles. The second-order valence-electron chi connectivity index (χ2n) is 12.8. The fourth-order valence-corrected chi connectivity index (χ4v) is 7.88. The Labute approximate surface area is 217 Å². The molecule has 0 saturated heterocycles. The maximum absolute atomic E-state index is 4.93. The predicted octanol–water partition coefficient (Wildman–Crippen LogP) is 10.4. The molecule has 0 amide bonds. The quantitative estimate of drug-likeness (QED) is 0.278. The number of rotatable bonds is 12. The van der Waals surface area contributed by atoms with Crippen LogP contribution < -0.4 is 0 Å². The molecule has 0 unspecified atom stereocenters. The molecule has 2 heteroatoms. The van der Waals surface area contributed by atoms with Gasteiger partial charge in [0.15, 0.2) is 0 Å². The van der Waals surface area contributed by atoms with E-state index in [2.05, 4.69) is 26.2 Å². The summed E-state index contributed by atoms with van der Waals surface area (Å²) in [7, 11) is 0. The Bertz CT molecular complexity index is 674. The van der Waals surface area contributed by atoms with Gasteiger partial charge in [-0.1, -0.05) is 84.5 Å². The minimum Gasteiger partial charge on any atom is -0.241 e. The highest BCUT2D eigenvalue weighted by Crippen LogP contribution is 2.44. The van der Waals surface area contributed by atoms with Crippen molar-refractivity contribution in [3.8, 4) is 0 Å². The molecule has 2 nitrogen and oxygen atoms in total. The largest absolute Gasteiger partial charge is 0.241 e. The lowest BCUT2D eigenvalue weighted by Gasteiger charge is -2.38. The first kappa shape index (κ1) is 27.1. The number of hydrogen-bond acceptors (Lipinski definition) is 2. The lowest BCUT2D eigenvalue weighted by molar-refractivity contribution is 0.155. The average molecular weight is 481 g/mol. The van der Waals surface area contributed by atoms with Crippen LogP contribution in [0, 0.1) is 23.7 Å². The van der Waals surface area contributed by atoms with E-state index in [1.807, 2.05) is 0 Å². The summed E-state index contributed by atoms with van der Waals surface area (Å²) in [5.41, 5.74) is 1.43. The minimum atomic E-state index is 0.614. The first-order valence-electron chi connectivity index (χ1n) is 16.1. The summed E-state index contributed by atoms with van der Waals surface area (Å²) >= 11 is 0. The fourth-order valence-electron chi connectivity index (χ4n) is 7.88. The van der Waals surface area contributed by atoms with Gasteiger partial charge in [0.1, 0.15) is 5.82 Å². The first-order valence-corrected chi connectivity index (χ1v) is 16.1. The second-order valence-corrected chi connectivity index (χ2v) is 12.8. The van der Waals surface area contributed by atoms with E-state index < -0.39 is 0 Å². The van der Waals surface area contributed by atoms with Crippen molar-refractivity contribution in [1.29, 1.82) is 0 Å². The highest BCUT2D eigenvalue weighted by Gasteiger charge is 2.31. The Balaban J connectivity index is 1.15. The van der Waals surface area contributed by atoms with Crippen molar-refractivity contribution in [3.05, 3.63) is 23.8 Å². The molecule has 1 heterocycles. The molecule has 0 spiro atoms. The van der Waals surface area contributed by atoms with Crippen LogP contribution in [0.2, 0.25) is 0 Å². The molecule has 198 valence electrons. The van der Waals surface area contributed by atoms with E-state index in [1.54, 1.807) is 0 Å². The molecule has 3 saturated carbocycles. The minimum absolute atomic E-state index is 0.614. The van der Waals surface area contributed by atoms with Gasteiger partial charge in [-0.3, -0.25) is 0 Å². The van der Waals surface area contributed by atoms with E-state index in [0.29, 0.717) is 11.8 Å². The van der Waals surface area contributed by atoms with Gasteiger partial charge in [-0.15, -0.1) is 0 Å². The van der Waals surface area contributed by atoms with E-state index >= 15 is 0 Å². The molecule has 0 N–H and O–H groups in total. The van der Waals surface area contributed by atoms with E-state index in [4.69, 9.17) is 9.97 Å². The van der Waals surface area contributed by atoms with Crippen LogP contribution in [0.1, 0.15) is 172 Å². The third-order valence-electron chi connectivity index (χ3n) is 10.4. The van der Waals surface area contributed by atoms with Gasteiger partial charge in [0.2, 0.25) is 0 Å². The number of hydrogen-bond donors (Lipinski definition) is 0. The smallest absolute Gasteiger partial charge is 0.131 e. The molecule has 1 aromatic rings. The summed E-state index contributed by atoms with van der Waals surface area (Å²) in [4.78, 5) is 9.86. The van der Waals surface area contributed by atoms with Crippen molar-refractivity contribution in [1.82, 2.24) is 9.97 Å². The van der Waals surface area contributed by atoms with Gasteiger partial charge in [-0.2, -0.15) is 0 Å². The lowest BCUT2D eigenvalue weighted by atomic mass is 9.68. The van der Waals surface area contributed by atoms with E-state index in [1.165, 1.54) is 140 Å². The van der Waals surface area contributed by atoms with Gasteiger partial charge >= 0.3 is 0 Å². The summed E-state index contributed by atoms with van der Waals surface area (Å²) in [5.74, 6) is 6.51. The Morgan fingerprint density at radius 3 is 1.63 bits per heavy atom. The zero-order chi connectivity index (χ0) is 24.3. The molecular weight excluding hydrogens is 424 g/mol. The van der Waals surface area contributed by atoms with E-state index in [9.17, 15) is 0 Å². The number of unbranched alkanes of at least 4 members (excludes halogenated alkanes) is 5. The maximum Gasteiger partial charge on any atom is 0.131 e. The fraction of sp³-hybridized carbons (Fsp3) is 0.879. The standard InChI is InChI=1S/C33H56N2/c1-3-5-7-8-9-11-27-14-18-31(19-15-27)33-34-24-32(25-35-33)30-22-20-29(21-23-30)28-16-12-26(13-17-28)10-6-4-2/h24-31H,3-23H2,1-2H3/t26-,27-,28-,29-,30-,31-. The second kappa shape index (κ2) is 14.7. The molecule has 3 aliphatic rings. The Morgan fingerprint density at radius 2 is 1.03 bits per heavy atom. The molecule has 3 fully saturated rings. The van der Waals surface area contributed by atoms with Gasteiger partial charge in [0.25, 0.3) is 0 Å². The monoisotopic (exact) mass is 480 g/mol. The van der Waals surface area contributed by atoms with Crippen LogP contribution >= 0.6 is 0 Å². The summed E-state index contributed by atoms with van der Waals surface area (Å²) in [6, 6.07) is 0. The van der Waals surface area contributed by atoms with Crippen molar-refractivity contribution in [3.63, 3.8) is 0 Å². The number of aromatic nitrogens is 2. The van der Waals surface area contributed by atoms with Crippen LogP contribution in [0.25, 0.3) is 0 Å². The third-order valence-corrected chi connectivity index (χ3v) is 10.4. The van der Waals surface area contributed by atoms with Crippen LogP contribution in [-0.2, 0) is 0 Å². The van der Waals surface area contributed by atoms with E-state index in [0.717, 1.165) is 29.5 Å².